The van der Waals surface area contributed by atoms with Crippen LogP contribution in [0.4, 0.5) is 4.79 Å². The van der Waals surface area contributed by atoms with E-state index < -0.39 is 5.60 Å². The summed E-state index contributed by atoms with van der Waals surface area (Å²) in [7, 11) is 0. The summed E-state index contributed by atoms with van der Waals surface area (Å²) in [6.07, 6.45) is 2.37. The van der Waals surface area contributed by atoms with Gasteiger partial charge in [0.1, 0.15) is 5.60 Å². The Hall–Kier alpha value is -0.810. The molecule has 1 amide bonds. The van der Waals surface area contributed by atoms with Crippen LogP contribution in [-0.4, -0.2) is 66.3 Å². The molecule has 5 heteroatoms. The molecule has 5 nitrogen and oxygen atoms in total. The van der Waals surface area contributed by atoms with Crippen molar-refractivity contribution >= 4 is 6.09 Å². The van der Waals surface area contributed by atoms with Gasteiger partial charge >= 0.3 is 6.09 Å². The van der Waals surface area contributed by atoms with E-state index in [0.717, 1.165) is 38.6 Å². The van der Waals surface area contributed by atoms with E-state index >= 15 is 0 Å². The summed E-state index contributed by atoms with van der Waals surface area (Å²) < 4.78 is 5.54. The van der Waals surface area contributed by atoms with Gasteiger partial charge in [0, 0.05) is 31.7 Å². The molecule has 1 N–H and O–H groups in total. The molecule has 0 saturated carbocycles. The minimum atomic E-state index is -0.424. The predicted octanol–water partition coefficient (Wildman–Crippen LogP) is 2.32. The van der Waals surface area contributed by atoms with Gasteiger partial charge < -0.3 is 15.0 Å². The molecule has 128 valence electrons. The van der Waals surface area contributed by atoms with Crippen molar-refractivity contribution in [2.24, 2.45) is 5.92 Å². The van der Waals surface area contributed by atoms with Gasteiger partial charge in [-0.05, 0) is 66.5 Å². The molecule has 2 rings (SSSR count). The summed E-state index contributed by atoms with van der Waals surface area (Å²) in [4.78, 5) is 16.8. The topological polar surface area (TPSA) is 44.8 Å². The minimum Gasteiger partial charge on any atom is -0.444 e. The van der Waals surface area contributed by atoms with Crippen LogP contribution >= 0.6 is 0 Å². The van der Waals surface area contributed by atoms with Crippen LogP contribution in [0.2, 0.25) is 0 Å². The second-order valence-corrected chi connectivity index (χ2v) is 7.98. The number of amides is 1. The van der Waals surface area contributed by atoms with E-state index in [4.69, 9.17) is 4.74 Å². The molecule has 2 atom stereocenters. The van der Waals surface area contributed by atoms with Gasteiger partial charge in [-0.15, -0.1) is 0 Å². The first-order chi connectivity index (χ1) is 10.3. The lowest BCUT2D eigenvalue weighted by Crippen LogP contribution is -2.59. The second kappa shape index (κ2) is 7.18. The summed E-state index contributed by atoms with van der Waals surface area (Å²) in [5.41, 5.74) is -0.424. The number of carbonyl (C=O) groups excluding carboxylic acids is 1. The SMILES string of the molecule is C[C@@H]1CN(C(=O)OC(C)(C)C)[C@@H](C)CN1CC1CCNCC1. The molecule has 2 aliphatic rings. The normalized spacial score (nSPS) is 28.7. The van der Waals surface area contributed by atoms with Crippen molar-refractivity contribution in [1.82, 2.24) is 15.1 Å². The largest absolute Gasteiger partial charge is 0.444 e. The average molecular weight is 311 g/mol. The third-order valence-corrected chi connectivity index (χ3v) is 4.69. The molecule has 2 fully saturated rings. The van der Waals surface area contributed by atoms with E-state index in [1.165, 1.54) is 12.8 Å². The van der Waals surface area contributed by atoms with E-state index in [2.05, 4.69) is 24.1 Å². The van der Waals surface area contributed by atoms with Crippen LogP contribution in [0.3, 0.4) is 0 Å². The highest BCUT2D eigenvalue weighted by molar-refractivity contribution is 5.68. The lowest BCUT2D eigenvalue weighted by atomic mass is 9.96. The van der Waals surface area contributed by atoms with E-state index in [1.807, 2.05) is 25.7 Å². The van der Waals surface area contributed by atoms with E-state index in [9.17, 15) is 4.79 Å². The smallest absolute Gasteiger partial charge is 0.410 e. The number of nitrogens with zero attached hydrogens (tertiary/aromatic N) is 2. The number of rotatable bonds is 2. The van der Waals surface area contributed by atoms with Gasteiger partial charge in [0.05, 0.1) is 0 Å². The Labute approximate surface area is 135 Å². The molecule has 0 aromatic rings. The Kier molecular flexibility index (Phi) is 5.72. The standard InChI is InChI=1S/C17H33N3O2/c1-13-11-20(16(21)22-17(3,4)5)14(2)10-19(13)12-15-6-8-18-9-7-15/h13-15,18H,6-12H2,1-5H3/t13-,14+/m1/s1. The van der Waals surface area contributed by atoms with Gasteiger partial charge in [0.2, 0.25) is 0 Å². The minimum absolute atomic E-state index is 0.173. The molecule has 0 aliphatic carbocycles. The summed E-state index contributed by atoms with van der Waals surface area (Å²) in [5.74, 6) is 0.795. The van der Waals surface area contributed by atoms with Crippen molar-refractivity contribution in [2.45, 2.75) is 65.1 Å². The molecule has 0 aromatic carbocycles. The summed E-state index contributed by atoms with van der Waals surface area (Å²) in [6.45, 7) is 15.3. The van der Waals surface area contributed by atoms with Crippen molar-refractivity contribution < 1.29 is 9.53 Å². The Morgan fingerprint density at radius 1 is 1.14 bits per heavy atom. The third-order valence-electron chi connectivity index (χ3n) is 4.69. The number of piperazine rings is 1. The molecule has 22 heavy (non-hydrogen) atoms. The fraction of sp³-hybridized carbons (Fsp3) is 0.941. The fourth-order valence-corrected chi connectivity index (χ4v) is 3.42. The lowest BCUT2D eigenvalue weighted by molar-refractivity contribution is -0.0136. The Morgan fingerprint density at radius 3 is 2.36 bits per heavy atom. The van der Waals surface area contributed by atoms with Crippen molar-refractivity contribution in [3.05, 3.63) is 0 Å². The molecule has 0 radical (unpaired) electrons. The maximum atomic E-state index is 12.3. The van der Waals surface area contributed by atoms with E-state index in [1.54, 1.807) is 0 Å². The van der Waals surface area contributed by atoms with Crippen LogP contribution in [-0.2, 0) is 4.74 Å². The third kappa shape index (κ3) is 4.85. The predicted molar refractivity (Wildman–Crippen MR) is 89.0 cm³/mol. The van der Waals surface area contributed by atoms with Gasteiger partial charge in [-0.25, -0.2) is 4.79 Å². The molecule has 2 heterocycles. The average Bonchev–Trinajstić information content (AvgIpc) is 2.41. The monoisotopic (exact) mass is 311 g/mol. The van der Waals surface area contributed by atoms with Crippen LogP contribution in [0.5, 0.6) is 0 Å². The van der Waals surface area contributed by atoms with Gasteiger partial charge in [-0.1, -0.05) is 0 Å². The Morgan fingerprint density at radius 2 is 1.77 bits per heavy atom. The van der Waals surface area contributed by atoms with Crippen molar-refractivity contribution in [1.29, 1.82) is 0 Å². The zero-order chi connectivity index (χ0) is 16.3. The molecule has 0 bridgehead atoms. The quantitative estimate of drug-likeness (QED) is 0.850. The van der Waals surface area contributed by atoms with Gasteiger partial charge in [-0.3, -0.25) is 4.90 Å². The maximum Gasteiger partial charge on any atom is 0.410 e. The second-order valence-electron chi connectivity index (χ2n) is 7.98. The highest BCUT2D eigenvalue weighted by Gasteiger charge is 2.35. The molecule has 2 aliphatic heterocycles. The number of hydrogen-bond acceptors (Lipinski definition) is 4. The molecular weight excluding hydrogens is 278 g/mol. The molecular formula is C17H33N3O2. The van der Waals surface area contributed by atoms with Crippen molar-refractivity contribution in [3.8, 4) is 0 Å². The molecule has 0 aromatic heterocycles. The van der Waals surface area contributed by atoms with Crippen LogP contribution in [0.25, 0.3) is 0 Å². The maximum absolute atomic E-state index is 12.3. The van der Waals surface area contributed by atoms with E-state index in [-0.39, 0.29) is 12.1 Å². The molecule has 0 unspecified atom stereocenters. The van der Waals surface area contributed by atoms with Gasteiger partial charge in [-0.2, -0.15) is 0 Å². The van der Waals surface area contributed by atoms with Gasteiger partial charge in [0.25, 0.3) is 0 Å². The van der Waals surface area contributed by atoms with Crippen LogP contribution < -0.4 is 5.32 Å². The Bertz CT molecular complexity index is 375. The van der Waals surface area contributed by atoms with E-state index in [0.29, 0.717) is 6.04 Å². The first kappa shape index (κ1) is 17.5. The van der Waals surface area contributed by atoms with Crippen LogP contribution in [0.15, 0.2) is 0 Å². The highest BCUT2D eigenvalue weighted by Crippen LogP contribution is 2.22. The zero-order valence-electron chi connectivity index (χ0n) is 14.9. The first-order valence-corrected chi connectivity index (χ1v) is 8.70. The lowest BCUT2D eigenvalue weighted by Gasteiger charge is -2.45. The van der Waals surface area contributed by atoms with Crippen molar-refractivity contribution in [3.63, 3.8) is 0 Å². The number of hydrogen-bond donors (Lipinski definition) is 1. The molecule has 2 saturated heterocycles. The molecule has 0 spiro atoms. The summed E-state index contributed by atoms with van der Waals surface area (Å²) in [5, 5.41) is 3.43. The summed E-state index contributed by atoms with van der Waals surface area (Å²) >= 11 is 0. The summed E-state index contributed by atoms with van der Waals surface area (Å²) in [6, 6.07) is 0.617. The highest BCUT2D eigenvalue weighted by atomic mass is 16.6. The number of ether oxygens (including phenoxy) is 1. The Balaban J connectivity index is 1.89. The fourth-order valence-electron chi connectivity index (χ4n) is 3.42. The van der Waals surface area contributed by atoms with Crippen LogP contribution in [0.1, 0.15) is 47.5 Å². The number of carbonyl (C=O) groups is 1. The zero-order valence-corrected chi connectivity index (χ0v) is 14.9. The van der Waals surface area contributed by atoms with Crippen molar-refractivity contribution in [2.75, 3.05) is 32.7 Å². The van der Waals surface area contributed by atoms with Gasteiger partial charge in [0.15, 0.2) is 0 Å². The first-order valence-electron chi connectivity index (χ1n) is 8.70. The number of piperidine rings is 1. The van der Waals surface area contributed by atoms with Crippen LogP contribution in [0, 0.1) is 5.92 Å². The number of nitrogens with one attached hydrogen (secondary N) is 1.